The minimum atomic E-state index is -0.218. The summed E-state index contributed by atoms with van der Waals surface area (Å²) in [5.74, 6) is -0.218. The Kier molecular flexibility index (Phi) is 4.63. The summed E-state index contributed by atoms with van der Waals surface area (Å²) in [6.07, 6.45) is 5.63. The Balaban J connectivity index is 1.83. The first-order chi connectivity index (χ1) is 10.2. The van der Waals surface area contributed by atoms with Gasteiger partial charge in [-0.15, -0.1) is 11.3 Å². The molecule has 1 atom stereocenters. The fourth-order valence-corrected chi connectivity index (χ4v) is 4.46. The summed E-state index contributed by atoms with van der Waals surface area (Å²) in [7, 11) is 1.94. The summed E-state index contributed by atoms with van der Waals surface area (Å²) in [6, 6.07) is 7.41. The second-order valence-corrected chi connectivity index (χ2v) is 7.19. The molecule has 0 saturated carbocycles. The van der Waals surface area contributed by atoms with Gasteiger partial charge in [0.1, 0.15) is 5.82 Å². The highest BCUT2D eigenvalue weighted by atomic mass is 35.5. The fraction of sp³-hybridized carbons (Fsp3) is 0.412. The van der Waals surface area contributed by atoms with Crippen molar-refractivity contribution in [3.63, 3.8) is 0 Å². The van der Waals surface area contributed by atoms with Gasteiger partial charge in [0.25, 0.3) is 0 Å². The maximum absolute atomic E-state index is 14.0. The van der Waals surface area contributed by atoms with Crippen molar-refractivity contribution < 1.29 is 4.39 Å². The fourth-order valence-electron chi connectivity index (χ4n) is 2.94. The van der Waals surface area contributed by atoms with Crippen LogP contribution in [0.3, 0.4) is 0 Å². The molecule has 2 aromatic rings. The second-order valence-electron chi connectivity index (χ2n) is 5.59. The molecule has 1 aliphatic rings. The topological polar surface area (TPSA) is 12.0 Å². The average molecular weight is 324 g/mol. The lowest BCUT2D eigenvalue weighted by Gasteiger charge is -2.15. The molecule has 21 heavy (non-hydrogen) atoms. The van der Waals surface area contributed by atoms with Gasteiger partial charge in [-0.2, -0.15) is 0 Å². The summed E-state index contributed by atoms with van der Waals surface area (Å²) in [5, 5.41) is 3.78. The molecular weight excluding hydrogens is 305 g/mol. The zero-order valence-corrected chi connectivity index (χ0v) is 13.7. The predicted octanol–water partition coefficient (Wildman–Crippen LogP) is 4.92. The quantitative estimate of drug-likeness (QED) is 0.842. The average Bonchev–Trinajstić information content (AvgIpc) is 2.90. The van der Waals surface area contributed by atoms with Gasteiger partial charge in [0.2, 0.25) is 0 Å². The van der Waals surface area contributed by atoms with Crippen LogP contribution in [0.1, 0.15) is 39.8 Å². The van der Waals surface area contributed by atoms with Gasteiger partial charge in [0.05, 0.1) is 0 Å². The molecule has 1 aliphatic carbocycles. The first kappa shape index (κ1) is 15.0. The van der Waals surface area contributed by atoms with Crippen molar-refractivity contribution in [2.45, 2.75) is 38.1 Å². The standard InChI is InChI=1S/C17H19ClFNS/c1-20-15(8-11-6-7-13(18)10-14(11)19)17-9-12-4-2-3-5-16(12)21-17/h6-7,9-10,15,20H,2-5,8H2,1H3. The summed E-state index contributed by atoms with van der Waals surface area (Å²) in [4.78, 5) is 2.84. The van der Waals surface area contributed by atoms with E-state index in [4.69, 9.17) is 11.6 Å². The van der Waals surface area contributed by atoms with E-state index in [1.807, 2.05) is 18.4 Å². The number of aryl methyl sites for hydroxylation is 2. The molecule has 112 valence electrons. The van der Waals surface area contributed by atoms with E-state index in [0.29, 0.717) is 17.0 Å². The third kappa shape index (κ3) is 3.31. The molecule has 1 aromatic carbocycles. The molecule has 0 aliphatic heterocycles. The summed E-state index contributed by atoms with van der Waals surface area (Å²) in [5.41, 5.74) is 2.21. The molecule has 1 nitrogen and oxygen atoms in total. The first-order valence-electron chi connectivity index (χ1n) is 7.40. The largest absolute Gasteiger partial charge is 0.312 e. The van der Waals surface area contributed by atoms with E-state index in [1.165, 1.54) is 47.1 Å². The summed E-state index contributed by atoms with van der Waals surface area (Å²) >= 11 is 7.70. The molecule has 0 radical (unpaired) electrons. The van der Waals surface area contributed by atoms with E-state index in [9.17, 15) is 4.39 Å². The van der Waals surface area contributed by atoms with Gasteiger partial charge >= 0.3 is 0 Å². The smallest absolute Gasteiger partial charge is 0.127 e. The van der Waals surface area contributed by atoms with E-state index < -0.39 is 0 Å². The van der Waals surface area contributed by atoms with E-state index in [-0.39, 0.29) is 11.9 Å². The van der Waals surface area contributed by atoms with Crippen molar-refractivity contribution in [1.29, 1.82) is 0 Å². The molecule has 0 fully saturated rings. The van der Waals surface area contributed by atoms with Gasteiger partial charge in [0, 0.05) is 20.8 Å². The molecule has 1 aromatic heterocycles. The maximum Gasteiger partial charge on any atom is 0.127 e. The van der Waals surface area contributed by atoms with Crippen LogP contribution in [0.5, 0.6) is 0 Å². The zero-order valence-electron chi connectivity index (χ0n) is 12.1. The number of rotatable bonds is 4. The molecule has 1 N–H and O–H groups in total. The van der Waals surface area contributed by atoms with Crippen LogP contribution in [-0.4, -0.2) is 7.05 Å². The van der Waals surface area contributed by atoms with Crippen LogP contribution >= 0.6 is 22.9 Å². The van der Waals surface area contributed by atoms with Crippen molar-refractivity contribution in [3.05, 3.63) is 56.0 Å². The second kappa shape index (κ2) is 6.47. The Morgan fingerprint density at radius 3 is 2.81 bits per heavy atom. The monoisotopic (exact) mass is 323 g/mol. The molecule has 3 rings (SSSR count). The normalized spacial score (nSPS) is 15.8. The lowest BCUT2D eigenvalue weighted by molar-refractivity contribution is 0.559. The lowest BCUT2D eigenvalue weighted by atomic mass is 9.98. The highest BCUT2D eigenvalue weighted by Crippen LogP contribution is 2.34. The van der Waals surface area contributed by atoms with Crippen molar-refractivity contribution in [3.8, 4) is 0 Å². The van der Waals surface area contributed by atoms with E-state index in [1.54, 1.807) is 12.1 Å². The van der Waals surface area contributed by atoms with Crippen LogP contribution < -0.4 is 5.32 Å². The molecule has 0 amide bonds. The highest BCUT2D eigenvalue weighted by Gasteiger charge is 2.19. The highest BCUT2D eigenvalue weighted by molar-refractivity contribution is 7.12. The van der Waals surface area contributed by atoms with Gasteiger partial charge < -0.3 is 5.32 Å². The Labute approximate surface area is 134 Å². The summed E-state index contributed by atoms with van der Waals surface area (Å²) < 4.78 is 14.0. The molecule has 0 saturated heterocycles. The van der Waals surface area contributed by atoms with Crippen molar-refractivity contribution in [2.24, 2.45) is 0 Å². The Morgan fingerprint density at radius 2 is 2.10 bits per heavy atom. The molecule has 0 bridgehead atoms. The molecule has 1 unspecified atom stereocenters. The van der Waals surface area contributed by atoms with Crippen LogP contribution in [0.25, 0.3) is 0 Å². The van der Waals surface area contributed by atoms with Crippen LogP contribution in [0.4, 0.5) is 4.39 Å². The number of fused-ring (bicyclic) bond motifs is 1. The van der Waals surface area contributed by atoms with Crippen LogP contribution in [0, 0.1) is 5.82 Å². The van der Waals surface area contributed by atoms with E-state index in [2.05, 4.69) is 11.4 Å². The van der Waals surface area contributed by atoms with Crippen molar-refractivity contribution in [2.75, 3.05) is 7.05 Å². The predicted molar refractivity (Wildman–Crippen MR) is 87.9 cm³/mol. The van der Waals surface area contributed by atoms with Crippen LogP contribution in [0.15, 0.2) is 24.3 Å². The minimum absolute atomic E-state index is 0.163. The first-order valence-corrected chi connectivity index (χ1v) is 8.59. The minimum Gasteiger partial charge on any atom is -0.312 e. The Hall–Kier alpha value is -0.900. The number of thiophene rings is 1. The molecule has 0 spiro atoms. The Morgan fingerprint density at radius 1 is 1.29 bits per heavy atom. The van der Waals surface area contributed by atoms with Gasteiger partial charge in [-0.3, -0.25) is 0 Å². The number of halogens is 2. The Bertz CT molecular complexity index is 614. The van der Waals surface area contributed by atoms with Gasteiger partial charge in [-0.25, -0.2) is 4.39 Å². The van der Waals surface area contributed by atoms with Gasteiger partial charge in [-0.05, 0) is 68.5 Å². The summed E-state index contributed by atoms with van der Waals surface area (Å²) in [6.45, 7) is 0. The van der Waals surface area contributed by atoms with E-state index in [0.717, 1.165) is 0 Å². The zero-order chi connectivity index (χ0) is 14.8. The molecular formula is C17H19ClFNS. The number of hydrogen-bond donors (Lipinski definition) is 1. The number of hydrogen-bond acceptors (Lipinski definition) is 2. The lowest BCUT2D eigenvalue weighted by Crippen LogP contribution is -2.18. The van der Waals surface area contributed by atoms with Crippen LogP contribution in [0.2, 0.25) is 5.02 Å². The number of likely N-dealkylation sites (N-methyl/N-ethyl adjacent to an activating group) is 1. The SMILES string of the molecule is CNC(Cc1ccc(Cl)cc1F)c1cc2c(s1)CCCC2. The van der Waals surface area contributed by atoms with Crippen molar-refractivity contribution in [1.82, 2.24) is 5.32 Å². The maximum atomic E-state index is 14.0. The molecule has 1 heterocycles. The third-order valence-electron chi connectivity index (χ3n) is 4.15. The number of benzene rings is 1. The van der Waals surface area contributed by atoms with Crippen molar-refractivity contribution >= 4 is 22.9 Å². The van der Waals surface area contributed by atoms with Gasteiger partial charge in [-0.1, -0.05) is 17.7 Å². The van der Waals surface area contributed by atoms with Gasteiger partial charge in [0.15, 0.2) is 0 Å². The number of nitrogens with one attached hydrogen (secondary N) is 1. The van der Waals surface area contributed by atoms with Crippen LogP contribution in [-0.2, 0) is 19.3 Å². The third-order valence-corrected chi connectivity index (χ3v) is 5.73. The molecule has 4 heteroatoms. The van der Waals surface area contributed by atoms with E-state index >= 15 is 0 Å².